The number of piperazine rings is 1. The molecule has 1 amide bonds. The van der Waals surface area contributed by atoms with Crippen molar-refractivity contribution in [3.63, 3.8) is 0 Å². The Kier molecular flexibility index (Phi) is 11.0. The number of hydrogen-bond donors (Lipinski definition) is 2. The van der Waals surface area contributed by atoms with Gasteiger partial charge in [-0.25, -0.2) is 9.59 Å². The van der Waals surface area contributed by atoms with Crippen LogP contribution < -0.4 is 24.3 Å². The molecule has 0 radical (unpaired) electrons. The van der Waals surface area contributed by atoms with Crippen LogP contribution in [0.25, 0.3) is 11.1 Å². The zero-order valence-electron chi connectivity index (χ0n) is 38.4. The number of thioether (sulfide) groups is 1. The maximum atomic E-state index is 14.7. The fraction of sp³-hybridized carbons (Fsp3) is 0.442. The lowest BCUT2D eigenvalue weighted by Crippen LogP contribution is -2.74. The minimum absolute atomic E-state index is 0.0159. The fourth-order valence-corrected chi connectivity index (χ4v) is 13.1. The number of ether oxygens (including phenoxy) is 6. The average molecular weight is 913 g/mol. The summed E-state index contributed by atoms with van der Waals surface area (Å²) in [7, 11) is 1.56. The second-order valence-corrected chi connectivity index (χ2v) is 20.4. The molecule has 2 fully saturated rings. The third-order valence-electron chi connectivity index (χ3n) is 14.4. The van der Waals surface area contributed by atoms with E-state index in [9.17, 15) is 20.0 Å². The van der Waals surface area contributed by atoms with Crippen LogP contribution >= 0.6 is 11.8 Å². The van der Waals surface area contributed by atoms with Gasteiger partial charge in [0.15, 0.2) is 23.0 Å². The van der Waals surface area contributed by atoms with Crippen LogP contribution in [0.15, 0.2) is 67.3 Å². The first-order chi connectivity index (χ1) is 31.7. The molecule has 2 N–H and O–H groups in total. The molecule has 0 spiro atoms. The van der Waals surface area contributed by atoms with E-state index in [0.717, 1.165) is 33.4 Å². The van der Waals surface area contributed by atoms with Crippen molar-refractivity contribution in [2.45, 2.75) is 108 Å². The van der Waals surface area contributed by atoms with Crippen LogP contribution in [0.3, 0.4) is 0 Å². The Morgan fingerprint density at radius 1 is 1.06 bits per heavy atom. The number of carbonyl (C=O) groups is 2. The average Bonchev–Trinajstić information content (AvgIpc) is 3.95. The number of methoxy groups -OCH3 is 1. The second kappa shape index (κ2) is 16.5. The van der Waals surface area contributed by atoms with Gasteiger partial charge in [-0.15, -0.1) is 0 Å². The van der Waals surface area contributed by atoms with Crippen molar-refractivity contribution in [2.75, 3.05) is 38.6 Å². The maximum Gasteiger partial charge on any atom is 0.408 e. The molecule has 2 saturated heterocycles. The molecule has 5 aliphatic heterocycles. The largest absolute Gasteiger partial charge is 0.504 e. The van der Waals surface area contributed by atoms with Gasteiger partial charge < -0.3 is 38.8 Å². The summed E-state index contributed by atoms with van der Waals surface area (Å²) in [6.45, 7) is 15.3. The first-order valence-corrected chi connectivity index (χ1v) is 23.8. The molecule has 4 aromatic carbocycles. The number of benzene rings is 4. The third-order valence-corrected chi connectivity index (χ3v) is 15.6. The molecule has 344 valence electrons. The lowest BCUT2D eigenvalue weighted by molar-refractivity contribution is -0.185. The van der Waals surface area contributed by atoms with Gasteiger partial charge in [-0.05, 0) is 93.8 Å². The Morgan fingerprint density at radius 3 is 2.42 bits per heavy atom. The fourth-order valence-electron chi connectivity index (χ4n) is 12.0. The zero-order chi connectivity index (χ0) is 46.4. The van der Waals surface area contributed by atoms with Crippen molar-refractivity contribution in [3.05, 3.63) is 112 Å². The van der Waals surface area contributed by atoms with Gasteiger partial charge in [-0.2, -0.15) is 17.0 Å². The minimum Gasteiger partial charge on any atom is -0.504 e. The molecule has 66 heavy (non-hydrogen) atoms. The van der Waals surface area contributed by atoms with Gasteiger partial charge in [-0.3, -0.25) is 9.80 Å². The molecule has 0 aromatic heterocycles. The lowest BCUT2D eigenvalue weighted by Gasteiger charge is -2.65. The number of esters is 1. The van der Waals surface area contributed by atoms with Crippen LogP contribution in [0.1, 0.15) is 96.6 Å². The summed E-state index contributed by atoms with van der Waals surface area (Å²) in [5.41, 5.74) is 8.62. The number of amides is 1. The highest BCUT2D eigenvalue weighted by Crippen LogP contribution is 2.67. The number of phenols is 1. The van der Waals surface area contributed by atoms with E-state index in [0.29, 0.717) is 41.6 Å². The number of rotatable bonds is 12. The summed E-state index contributed by atoms with van der Waals surface area (Å²) in [5.74, 6) is 2.53. The summed E-state index contributed by atoms with van der Waals surface area (Å²) in [4.78, 5) is 32.7. The molecule has 10 rings (SSSR count). The molecule has 13 nitrogen and oxygen atoms in total. The number of alkyl carbamates (subject to hydrolysis) is 1. The summed E-state index contributed by atoms with van der Waals surface area (Å²) in [6.07, 6.45) is 2.06. The Hall–Kier alpha value is -5.88. The van der Waals surface area contributed by atoms with Crippen molar-refractivity contribution in [1.29, 1.82) is 5.26 Å². The summed E-state index contributed by atoms with van der Waals surface area (Å²) < 4.78 is 36.8. The Balaban J connectivity index is 1.02. The Morgan fingerprint density at radius 2 is 1.76 bits per heavy atom. The van der Waals surface area contributed by atoms with Gasteiger partial charge in [0.1, 0.15) is 36.6 Å². The van der Waals surface area contributed by atoms with E-state index in [-0.39, 0.29) is 49.5 Å². The monoisotopic (exact) mass is 912 g/mol. The highest BCUT2D eigenvalue weighted by molar-refractivity contribution is 7.99. The van der Waals surface area contributed by atoms with E-state index < -0.39 is 47.4 Å². The lowest BCUT2D eigenvalue weighted by atomic mass is 9.70. The summed E-state index contributed by atoms with van der Waals surface area (Å²) in [6, 6.07) is 18.2. The van der Waals surface area contributed by atoms with E-state index in [1.807, 2.05) is 13.8 Å². The number of carbonyl (C=O) groups excluding carboxylic acids is 2. The molecule has 2 unspecified atom stereocenters. The number of aromatic hydroxyl groups is 1. The molecular weight excluding hydrogens is 857 g/mol. The number of fused-ring (bicyclic) bond motifs is 11. The highest BCUT2D eigenvalue weighted by Gasteiger charge is 2.69. The molecule has 0 bridgehead atoms. The Labute approximate surface area is 389 Å². The highest BCUT2D eigenvalue weighted by atomic mass is 32.2. The molecule has 14 heteroatoms. The second-order valence-electron chi connectivity index (χ2n) is 19.3. The standard InChI is InChI=1S/C52H56N4O9S/c1-9-18-61-46-28(3)47-48(64-26-63-47)41-33(46)20-37-43-42-35(19-27(2)45(60-8)44(42)57)52(7)21-38(56(43)52)39(22-53)55(37)40(41)23-62-49(58)36(54-50(59)65-51(4,5)6)25-66-24-34-31-16-12-10-14-29(31)30-15-11-13-17-32(30)34/h9-17,19,34,36-40,43,57H,1,18,20-21,23-26H2,2-8H3,(H,54,59)/t36-,37?,38+,39+,40+,43?,52-/m1/s1. The van der Waals surface area contributed by atoms with E-state index in [4.69, 9.17) is 28.4 Å². The summed E-state index contributed by atoms with van der Waals surface area (Å²) >= 11 is 1.56. The van der Waals surface area contributed by atoms with E-state index in [1.165, 1.54) is 22.3 Å². The van der Waals surface area contributed by atoms with Crippen molar-refractivity contribution in [1.82, 2.24) is 15.1 Å². The third kappa shape index (κ3) is 6.79. The first kappa shape index (κ1) is 44.0. The zero-order valence-corrected chi connectivity index (χ0v) is 39.3. The molecule has 7 atom stereocenters. The number of nitriles is 1. The molecule has 1 aliphatic carbocycles. The van der Waals surface area contributed by atoms with E-state index >= 15 is 0 Å². The molecule has 5 heterocycles. The van der Waals surface area contributed by atoms with Crippen LogP contribution in [0, 0.1) is 25.2 Å². The predicted molar refractivity (Wildman–Crippen MR) is 249 cm³/mol. The molecule has 4 aromatic rings. The van der Waals surface area contributed by atoms with Crippen LogP contribution in [-0.4, -0.2) is 95.4 Å². The smallest absolute Gasteiger partial charge is 0.408 e. The van der Waals surface area contributed by atoms with Crippen LogP contribution in [-0.2, 0) is 26.2 Å². The van der Waals surface area contributed by atoms with Crippen molar-refractivity contribution < 1.29 is 43.1 Å². The number of aryl methyl sites for hydroxylation is 1. The Bertz CT molecular complexity index is 2670. The topological polar surface area (TPSA) is 152 Å². The van der Waals surface area contributed by atoms with E-state index in [2.05, 4.69) is 89.3 Å². The SMILES string of the molecule is C=CCOc1c(C)c2c(c3c1CC1C4c5c(cc(C)c(OC)c5O)[C@@]5(C)C[C@@H]([C@H](C#N)N1[C@H]3COC(=O)[C@@H](CSCC1c3ccccc3-c3ccccc31)NC(=O)OC(C)(C)C)N45)OCO2. The number of nitrogens with zero attached hydrogens (tertiary/aromatic N) is 3. The van der Waals surface area contributed by atoms with Crippen molar-refractivity contribution in [2.24, 2.45) is 0 Å². The number of hydrogen-bond acceptors (Lipinski definition) is 13. The molecular formula is C52H56N4O9S. The van der Waals surface area contributed by atoms with Crippen molar-refractivity contribution >= 4 is 23.8 Å². The van der Waals surface area contributed by atoms with Crippen LogP contribution in [0.2, 0.25) is 0 Å². The molecule has 6 aliphatic rings. The van der Waals surface area contributed by atoms with Gasteiger partial charge in [0.25, 0.3) is 0 Å². The van der Waals surface area contributed by atoms with E-state index in [1.54, 1.807) is 45.7 Å². The normalized spacial score (nSPS) is 24.5. The summed E-state index contributed by atoms with van der Waals surface area (Å²) in [5, 5.41) is 26.1. The van der Waals surface area contributed by atoms with Crippen LogP contribution in [0.4, 0.5) is 4.79 Å². The van der Waals surface area contributed by atoms with Gasteiger partial charge in [0.05, 0.1) is 25.3 Å². The minimum atomic E-state index is -1.07. The van der Waals surface area contributed by atoms with Gasteiger partial charge in [0.2, 0.25) is 6.79 Å². The van der Waals surface area contributed by atoms with Crippen molar-refractivity contribution in [3.8, 4) is 45.9 Å². The maximum absolute atomic E-state index is 14.7. The van der Waals surface area contributed by atoms with Crippen LogP contribution in [0.5, 0.6) is 28.7 Å². The van der Waals surface area contributed by atoms with Gasteiger partial charge in [-0.1, -0.05) is 61.2 Å². The van der Waals surface area contributed by atoms with Gasteiger partial charge in [0, 0.05) is 57.3 Å². The number of nitrogens with one attached hydrogen (secondary N) is 1. The predicted octanol–water partition coefficient (Wildman–Crippen LogP) is 8.51. The quantitative estimate of drug-likeness (QED) is 0.103. The number of phenolic OH excluding ortho intramolecular Hbond substituents is 1. The molecule has 0 saturated carbocycles. The van der Waals surface area contributed by atoms with Gasteiger partial charge >= 0.3 is 12.1 Å². The first-order valence-electron chi connectivity index (χ1n) is 22.7.